The molecule has 0 amide bonds. The van der Waals surface area contributed by atoms with E-state index in [4.69, 9.17) is 5.26 Å². The van der Waals surface area contributed by atoms with Crippen molar-refractivity contribution in [2.24, 2.45) is 0 Å². The van der Waals surface area contributed by atoms with Crippen LogP contribution in [0.1, 0.15) is 25.5 Å². The van der Waals surface area contributed by atoms with E-state index in [2.05, 4.69) is 25.1 Å². The molecule has 0 saturated heterocycles. The lowest BCUT2D eigenvalue weighted by atomic mass is 10.1. The zero-order valence-corrected chi connectivity index (χ0v) is 8.23. The highest BCUT2D eigenvalue weighted by Crippen LogP contribution is 2.23. The Morgan fingerprint density at radius 3 is 2.71 bits per heavy atom. The molecule has 0 fully saturated rings. The second kappa shape index (κ2) is 3.15. The van der Waals surface area contributed by atoms with E-state index < -0.39 is 0 Å². The Balaban J connectivity index is 2.82. The smallest absolute Gasteiger partial charge is 0.170 e. The van der Waals surface area contributed by atoms with Gasteiger partial charge >= 0.3 is 0 Å². The summed E-state index contributed by atoms with van der Waals surface area (Å²) in [6.07, 6.45) is 2.05. The topological polar surface area (TPSA) is 41.6 Å². The second-order valence-electron chi connectivity index (χ2n) is 3.57. The van der Waals surface area contributed by atoms with Crippen LogP contribution >= 0.6 is 0 Å². The fraction of sp³-hybridized carbons (Fsp3) is 0.273. The van der Waals surface area contributed by atoms with Gasteiger partial charge in [-0.1, -0.05) is 32.0 Å². The average Bonchev–Trinajstić information content (AvgIpc) is 2.56. The third-order valence-corrected chi connectivity index (χ3v) is 2.26. The lowest BCUT2D eigenvalue weighted by Gasteiger charge is -1.98. The number of nitriles is 1. The molecule has 3 heteroatoms. The summed E-state index contributed by atoms with van der Waals surface area (Å²) in [6.45, 7) is 4.16. The summed E-state index contributed by atoms with van der Waals surface area (Å²) in [7, 11) is 0. The first-order chi connectivity index (χ1) is 6.74. The van der Waals surface area contributed by atoms with Gasteiger partial charge in [0.25, 0.3) is 0 Å². The zero-order chi connectivity index (χ0) is 10.1. The monoisotopic (exact) mass is 185 g/mol. The van der Waals surface area contributed by atoms with Crippen LogP contribution in [0.3, 0.4) is 0 Å². The highest BCUT2D eigenvalue weighted by atomic mass is 15.3. The molecule has 14 heavy (non-hydrogen) atoms. The number of aromatic nitrogens is 2. The molecule has 3 nitrogen and oxygen atoms in total. The van der Waals surface area contributed by atoms with Gasteiger partial charge in [-0.25, -0.2) is 0 Å². The SMILES string of the molecule is CC(C)c1nn(C#N)c2ccccc12. The van der Waals surface area contributed by atoms with Crippen molar-refractivity contribution in [2.75, 3.05) is 0 Å². The Hall–Kier alpha value is -1.82. The van der Waals surface area contributed by atoms with Gasteiger partial charge in [-0.3, -0.25) is 0 Å². The van der Waals surface area contributed by atoms with Gasteiger partial charge in [0.15, 0.2) is 0 Å². The lowest BCUT2D eigenvalue weighted by molar-refractivity contribution is 0.784. The van der Waals surface area contributed by atoms with Crippen LogP contribution in [0, 0.1) is 11.5 Å². The normalized spacial score (nSPS) is 10.7. The standard InChI is InChI=1S/C11H11N3/c1-8(2)11-9-5-3-4-6-10(9)14(7-12)13-11/h3-6,8H,1-2H3. The molecule has 0 aliphatic heterocycles. The zero-order valence-electron chi connectivity index (χ0n) is 8.23. The van der Waals surface area contributed by atoms with Crippen molar-refractivity contribution in [2.45, 2.75) is 19.8 Å². The highest BCUT2D eigenvalue weighted by Gasteiger charge is 2.11. The molecule has 0 aliphatic rings. The minimum atomic E-state index is 0.342. The Morgan fingerprint density at radius 1 is 1.36 bits per heavy atom. The van der Waals surface area contributed by atoms with Gasteiger partial charge in [-0.05, 0) is 12.0 Å². The maximum absolute atomic E-state index is 8.88. The summed E-state index contributed by atoms with van der Waals surface area (Å²) in [4.78, 5) is 0. The fourth-order valence-corrected chi connectivity index (χ4v) is 1.59. The average molecular weight is 185 g/mol. The van der Waals surface area contributed by atoms with E-state index in [1.165, 1.54) is 4.68 Å². The number of nitrogens with zero attached hydrogens (tertiary/aromatic N) is 3. The molecule has 0 bridgehead atoms. The van der Waals surface area contributed by atoms with Crippen molar-refractivity contribution in [1.82, 2.24) is 9.78 Å². The van der Waals surface area contributed by atoms with Crippen molar-refractivity contribution in [3.05, 3.63) is 30.0 Å². The molecule has 1 aromatic heterocycles. The number of hydrogen-bond acceptors (Lipinski definition) is 2. The van der Waals surface area contributed by atoms with E-state index >= 15 is 0 Å². The maximum atomic E-state index is 8.88. The van der Waals surface area contributed by atoms with Gasteiger partial charge < -0.3 is 0 Å². The van der Waals surface area contributed by atoms with Crippen LogP contribution in [0.2, 0.25) is 0 Å². The molecule has 2 aromatic rings. The van der Waals surface area contributed by atoms with Crippen LogP contribution in [0.4, 0.5) is 0 Å². The number of rotatable bonds is 1. The Morgan fingerprint density at radius 2 is 2.07 bits per heavy atom. The van der Waals surface area contributed by atoms with Crippen LogP contribution in [-0.2, 0) is 0 Å². The largest absolute Gasteiger partial charge is 0.206 e. The van der Waals surface area contributed by atoms with Gasteiger partial charge in [0.1, 0.15) is 0 Å². The molecule has 0 aliphatic carbocycles. The Bertz CT molecular complexity index is 503. The molecule has 0 radical (unpaired) electrons. The predicted molar refractivity (Wildman–Crippen MR) is 54.8 cm³/mol. The molecule has 1 heterocycles. The molecule has 2 rings (SSSR count). The molecule has 0 spiro atoms. The fourth-order valence-electron chi connectivity index (χ4n) is 1.59. The van der Waals surface area contributed by atoms with Gasteiger partial charge in [-0.15, -0.1) is 0 Å². The van der Waals surface area contributed by atoms with Gasteiger partial charge in [0, 0.05) is 5.39 Å². The second-order valence-corrected chi connectivity index (χ2v) is 3.57. The summed E-state index contributed by atoms with van der Waals surface area (Å²) < 4.78 is 1.38. The van der Waals surface area contributed by atoms with Crippen LogP contribution in [0.15, 0.2) is 24.3 Å². The molecule has 0 N–H and O–H groups in total. The number of hydrogen-bond donors (Lipinski definition) is 0. The Labute approximate surface area is 82.6 Å². The first kappa shape index (κ1) is 8.76. The van der Waals surface area contributed by atoms with Crippen molar-refractivity contribution in [3.8, 4) is 6.19 Å². The molecule has 1 aromatic carbocycles. The van der Waals surface area contributed by atoms with Crippen LogP contribution in [-0.4, -0.2) is 9.78 Å². The third-order valence-electron chi connectivity index (χ3n) is 2.26. The number of benzene rings is 1. The van der Waals surface area contributed by atoms with E-state index in [0.717, 1.165) is 16.6 Å². The summed E-state index contributed by atoms with van der Waals surface area (Å²) >= 11 is 0. The summed E-state index contributed by atoms with van der Waals surface area (Å²) in [5.74, 6) is 0.342. The van der Waals surface area contributed by atoms with Crippen molar-refractivity contribution < 1.29 is 0 Å². The van der Waals surface area contributed by atoms with E-state index in [1.807, 2.05) is 24.3 Å². The van der Waals surface area contributed by atoms with Crippen molar-refractivity contribution in [1.29, 1.82) is 5.26 Å². The quantitative estimate of drug-likeness (QED) is 0.684. The molecule has 0 unspecified atom stereocenters. The van der Waals surface area contributed by atoms with E-state index in [1.54, 1.807) is 0 Å². The molecule has 0 saturated carbocycles. The molecular formula is C11H11N3. The van der Waals surface area contributed by atoms with Gasteiger partial charge in [0.2, 0.25) is 6.19 Å². The maximum Gasteiger partial charge on any atom is 0.206 e. The number of para-hydroxylation sites is 1. The first-order valence-electron chi connectivity index (χ1n) is 4.62. The van der Waals surface area contributed by atoms with Crippen LogP contribution < -0.4 is 0 Å². The minimum absolute atomic E-state index is 0.342. The van der Waals surface area contributed by atoms with Gasteiger partial charge in [0.05, 0.1) is 11.2 Å². The van der Waals surface area contributed by atoms with Gasteiger partial charge in [-0.2, -0.15) is 15.0 Å². The van der Waals surface area contributed by atoms with Crippen molar-refractivity contribution >= 4 is 10.9 Å². The summed E-state index contributed by atoms with van der Waals surface area (Å²) in [6, 6.07) is 7.81. The summed E-state index contributed by atoms with van der Waals surface area (Å²) in [5, 5.41) is 14.2. The minimum Gasteiger partial charge on any atom is -0.170 e. The van der Waals surface area contributed by atoms with Crippen molar-refractivity contribution in [3.63, 3.8) is 0 Å². The van der Waals surface area contributed by atoms with Crippen LogP contribution in [0.5, 0.6) is 0 Å². The molecule has 70 valence electrons. The Kier molecular flexibility index (Phi) is 1.97. The highest BCUT2D eigenvalue weighted by molar-refractivity contribution is 5.83. The predicted octanol–water partition coefficient (Wildman–Crippen LogP) is 2.49. The number of fused-ring (bicyclic) bond motifs is 1. The van der Waals surface area contributed by atoms with E-state index in [-0.39, 0.29) is 0 Å². The van der Waals surface area contributed by atoms with E-state index in [0.29, 0.717) is 5.92 Å². The van der Waals surface area contributed by atoms with E-state index in [9.17, 15) is 0 Å². The molecule has 0 atom stereocenters. The molecular weight excluding hydrogens is 174 g/mol. The van der Waals surface area contributed by atoms with Crippen LogP contribution in [0.25, 0.3) is 10.9 Å². The first-order valence-corrected chi connectivity index (χ1v) is 4.62. The lowest BCUT2D eigenvalue weighted by Crippen LogP contribution is -1.93. The summed E-state index contributed by atoms with van der Waals surface area (Å²) in [5.41, 5.74) is 1.88. The third kappa shape index (κ3) is 1.16.